The molecule has 0 atom stereocenters. The second kappa shape index (κ2) is 14.2. The number of benzene rings is 2. The molecule has 3 heterocycles. The number of thiophene rings is 2. The average molecular weight is 571 g/mol. The lowest BCUT2D eigenvalue weighted by molar-refractivity contribution is 0.667. The van der Waals surface area contributed by atoms with Crippen LogP contribution in [-0.2, 0) is 12.8 Å². The minimum Gasteiger partial charge on any atom is -0.137 e. The van der Waals surface area contributed by atoms with Gasteiger partial charge in [-0.2, -0.15) is 0 Å². The van der Waals surface area contributed by atoms with Gasteiger partial charge in [0.2, 0.25) is 0 Å². The van der Waals surface area contributed by atoms with Gasteiger partial charge in [0, 0.05) is 9.75 Å². The van der Waals surface area contributed by atoms with Gasteiger partial charge in [-0.05, 0) is 72.2 Å². The van der Waals surface area contributed by atoms with Crippen molar-refractivity contribution in [1.82, 2.24) is 10.2 Å². The number of nitrogens with zero attached hydrogens (tertiary/aromatic N) is 2. The van der Waals surface area contributed by atoms with Gasteiger partial charge in [-0.25, -0.2) is 0 Å². The molecule has 5 aromatic rings. The Morgan fingerprint density at radius 3 is 1.26 bits per heavy atom. The van der Waals surface area contributed by atoms with E-state index in [4.69, 9.17) is 0 Å². The molecule has 0 amide bonds. The van der Waals surface area contributed by atoms with E-state index in [0.717, 1.165) is 10.0 Å². The first-order valence-corrected chi connectivity index (χ1v) is 16.9. The molecule has 2 nitrogen and oxygen atoms in total. The van der Waals surface area contributed by atoms with Gasteiger partial charge in [-0.15, -0.1) is 32.9 Å². The summed E-state index contributed by atoms with van der Waals surface area (Å²) in [7, 11) is 0. The largest absolute Gasteiger partial charge is 0.158 e. The molecule has 5 heteroatoms. The lowest BCUT2D eigenvalue weighted by atomic mass is 10.0. The smallest absolute Gasteiger partial charge is 0.137 e. The van der Waals surface area contributed by atoms with Crippen LogP contribution in [0, 0.1) is 0 Å². The summed E-state index contributed by atoms with van der Waals surface area (Å²) in [6.45, 7) is 4.53. The minimum absolute atomic E-state index is 0.996. The molecule has 0 saturated heterocycles. The highest BCUT2D eigenvalue weighted by Crippen LogP contribution is 2.40. The van der Waals surface area contributed by atoms with Crippen LogP contribution in [0.2, 0.25) is 0 Å². The Hall–Kier alpha value is -2.60. The van der Waals surface area contributed by atoms with E-state index in [-0.39, 0.29) is 0 Å². The summed E-state index contributed by atoms with van der Waals surface area (Å²) in [5.74, 6) is 0. The Labute approximate surface area is 245 Å². The van der Waals surface area contributed by atoms with Gasteiger partial charge in [0.15, 0.2) is 10.0 Å². The van der Waals surface area contributed by atoms with Crippen LogP contribution in [-0.4, -0.2) is 10.2 Å². The Balaban J connectivity index is 1.21. The molecule has 0 fully saturated rings. The summed E-state index contributed by atoms with van der Waals surface area (Å²) in [6, 6.07) is 27.0. The first-order valence-electron chi connectivity index (χ1n) is 14.5. The van der Waals surface area contributed by atoms with E-state index in [1.165, 1.54) is 106 Å². The molecule has 0 aliphatic carbocycles. The van der Waals surface area contributed by atoms with E-state index < -0.39 is 0 Å². The van der Waals surface area contributed by atoms with E-state index in [9.17, 15) is 0 Å². The molecule has 0 N–H and O–H groups in total. The van der Waals surface area contributed by atoms with Gasteiger partial charge in [-0.1, -0.05) is 112 Å². The monoisotopic (exact) mass is 570 g/mol. The highest BCUT2D eigenvalue weighted by Gasteiger charge is 2.14. The van der Waals surface area contributed by atoms with Crippen LogP contribution in [0.4, 0.5) is 0 Å². The Kier molecular flexibility index (Phi) is 10.1. The fourth-order valence-electron chi connectivity index (χ4n) is 4.82. The minimum atomic E-state index is 0.996. The van der Waals surface area contributed by atoms with Crippen LogP contribution in [0.5, 0.6) is 0 Å². The van der Waals surface area contributed by atoms with Gasteiger partial charge in [0.05, 0.1) is 9.75 Å². The van der Waals surface area contributed by atoms with Crippen molar-refractivity contribution in [3.8, 4) is 40.7 Å². The van der Waals surface area contributed by atoms with Gasteiger partial charge < -0.3 is 0 Å². The number of unbranched alkanes of at least 4 members (excludes halogenated alkanes) is 6. The fraction of sp³-hybridized carbons (Fsp3) is 0.353. The number of hydrogen-bond donors (Lipinski definition) is 0. The van der Waals surface area contributed by atoms with E-state index in [0.29, 0.717) is 0 Å². The number of rotatable bonds is 14. The zero-order chi connectivity index (χ0) is 26.9. The topological polar surface area (TPSA) is 25.8 Å². The number of hydrogen-bond acceptors (Lipinski definition) is 5. The maximum absolute atomic E-state index is 4.55. The summed E-state index contributed by atoms with van der Waals surface area (Å²) in [5.41, 5.74) is 5.44. The van der Waals surface area contributed by atoms with Crippen LogP contribution in [0.1, 0.15) is 76.3 Å². The van der Waals surface area contributed by atoms with Crippen molar-refractivity contribution in [3.05, 3.63) is 83.9 Å². The van der Waals surface area contributed by atoms with Crippen LogP contribution in [0.15, 0.2) is 72.8 Å². The summed E-state index contributed by atoms with van der Waals surface area (Å²) in [6.07, 6.45) is 12.8. The highest BCUT2D eigenvalue weighted by atomic mass is 32.1. The zero-order valence-electron chi connectivity index (χ0n) is 23.1. The predicted molar refractivity (Wildman–Crippen MR) is 173 cm³/mol. The molecular weight excluding hydrogens is 533 g/mol. The Morgan fingerprint density at radius 2 is 0.846 bits per heavy atom. The Morgan fingerprint density at radius 1 is 0.436 bits per heavy atom. The third-order valence-corrected chi connectivity index (χ3v) is 10.7. The van der Waals surface area contributed by atoms with E-state index in [1.54, 1.807) is 34.0 Å². The molecule has 0 spiro atoms. The first kappa shape index (κ1) is 27.9. The van der Waals surface area contributed by atoms with Crippen molar-refractivity contribution in [1.29, 1.82) is 0 Å². The van der Waals surface area contributed by atoms with Crippen molar-refractivity contribution in [2.45, 2.75) is 78.1 Å². The number of aryl methyl sites for hydroxylation is 2. The third kappa shape index (κ3) is 7.53. The SMILES string of the molecule is CCCCCCc1ccc(-c2ccc(-c3nnc(-c4ccc(-c5ccc(CCCCCC)cc5)s4)s3)s2)cc1. The molecule has 0 bridgehead atoms. The quantitative estimate of drug-likeness (QED) is 0.124. The van der Waals surface area contributed by atoms with Gasteiger partial charge in [0.25, 0.3) is 0 Å². The molecule has 0 aliphatic rings. The second-order valence-corrected chi connectivity index (χ2v) is 13.4. The average Bonchev–Trinajstić information content (AvgIpc) is 3.75. The van der Waals surface area contributed by atoms with Crippen molar-refractivity contribution >= 4 is 34.0 Å². The van der Waals surface area contributed by atoms with Crippen molar-refractivity contribution in [3.63, 3.8) is 0 Å². The fourth-order valence-corrected chi connectivity index (χ4v) is 7.79. The van der Waals surface area contributed by atoms with E-state index >= 15 is 0 Å². The first-order chi connectivity index (χ1) is 19.2. The molecule has 202 valence electrons. The maximum atomic E-state index is 4.55. The maximum Gasteiger partial charge on any atom is 0.158 e. The standard InChI is InChI=1S/C34H38N2S3/c1-3-5-7-9-11-25-13-17-27(18-14-25)29-21-23-31(37-29)33-35-36-34(39-33)32-24-22-30(38-32)28-19-15-26(16-20-28)12-10-8-6-4-2/h13-24H,3-12H2,1-2H3. The predicted octanol–water partition coefficient (Wildman–Crippen LogP) is 11.6. The number of aromatic nitrogens is 2. The van der Waals surface area contributed by atoms with Crippen LogP contribution < -0.4 is 0 Å². The van der Waals surface area contributed by atoms with Gasteiger partial charge >= 0.3 is 0 Å². The molecule has 39 heavy (non-hydrogen) atoms. The lowest BCUT2D eigenvalue weighted by Gasteiger charge is -2.03. The molecule has 5 rings (SSSR count). The second-order valence-electron chi connectivity index (χ2n) is 10.3. The molecule has 0 aliphatic heterocycles. The third-order valence-electron chi connectivity index (χ3n) is 7.17. The summed E-state index contributed by atoms with van der Waals surface area (Å²) < 4.78 is 0. The summed E-state index contributed by atoms with van der Waals surface area (Å²) >= 11 is 5.29. The normalized spacial score (nSPS) is 11.3. The Bertz CT molecular complexity index is 1320. The molecule has 0 unspecified atom stereocenters. The van der Waals surface area contributed by atoms with Crippen LogP contribution >= 0.6 is 34.0 Å². The lowest BCUT2D eigenvalue weighted by Crippen LogP contribution is -1.85. The highest BCUT2D eigenvalue weighted by molar-refractivity contribution is 7.27. The zero-order valence-corrected chi connectivity index (χ0v) is 25.6. The van der Waals surface area contributed by atoms with Gasteiger partial charge in [0.1, 0.15) is 0 Å². The van der Waals surface area contributed by atoms with Crippen molar-refractivity contribution in [2.24, 2.45) is 0 Å². The summed E-state index contributed by atoms with van der Waals surface area (Å²) in [5, 5.41) is 11.1. The molecule has 0 radical (unpaired) electrons. The summed E-state index contributed by atoms with van der Waals surface area (Å²) in [4.78, 5) is 4.94. The van der Waals surface area contributed by atoms with Crippen LogP contribution in [0.25, 0.3) is 40.7 Å². The molecule has 0 saturated carbocycles. The van der Waals surface area contributed by atoms with E-state index in [2.05, 4.69) is 96.8 Å². The molecular formula is C34H38N2S3. The molecule has 2 aromatic carbocycles. The van der Waals surface area contributed by atoms with Crippen molar-refractivity contribution < 1.29 is 0 Å². The van der Waals surface area contributed by atoms with E-state index in [1.807, 2.05) is 0 Å². The van der Waals surface area contributed by atoms with Gasteiger partial charge in [-0.3, -0.25) is 0 Å². The van der Waals surface area contributed by atoms with Crippen LogP contribution in [0.3, 0.4) is 0 Å². The van der Waals surface area contributed by atoms with Crippen molar-refractivity contribution in [2.75, 3.05) is 0 Å². The molecule has 3 aromatic heterocycles.